The third-order valence-corrected chi connectivity index (χ3v) is 3.68. The number of rotatable bonds is 4. The first-order valence-corrected chi connectivity index (χ1v) is 6.98. The van der Waals surface area contributed by atoms with E-state index in [0.29, 0.717) is 11.4 Å². The summed E-state index contributed by atoms with van der Waals surface area (Å²) < 4.78 is 12.5. The topological polar surface area (TPSA) is 66.2 Å². The van der Waals surface area contributed by atoms with Crippen molar-refractivity contribution in [1.82, 2.24) is 14.8 Å². The Morgan fingerprint density at radius 1 is 1.29 bits per heavy atom. The number of hydrogen-bond donors (Lipinski definition) is 0. The summed E-state index contributed by atoms with van der Waals surface area (Å²) in [6.45, 7) is 0. The Morgan fingerprint density at radius 2 is 2.14 bits per heavy atom. The molecule has 1 saturated carbocycles. The molecule has 3 rings (SSSR count). The second kappa shape index (κ2) is 6.05. The number of methoxy groups -OCH3 is 1. The molecule has 0 radical (unpaired) electrons. The Hall–Kier alpha value is -2.21. The number of nitrogens with zero attached hydrogens (tertiary/aromatic N) is 3. The van der Waals surface area contributed by atoms with Gasteiger partial charge in [-0.1, -0.05) is 0 Å². The average molecular weight is 287 g/mol. The molecule has 110 valence electrons. The zero-order chi connectivity index (χ0) is 14.7. The molecular formula is C15H17N3O3. The van der Waals surface area contributed by atoms with Crippen molar-refractivity contribution in [1.29, 1.82) is 0 Å². The van der Waals surface area contributed by atoms with Gasteiger partial charge in [-0.05, 0) is 37.5 Å². The molecule has 0 N–H and O–H groups in total. The predicted molar refractivity (Wildman–Crippen MR) is 75.2 cm³/mol. The summed E-state index contributed by atoms with van der Waals surface area (Å²) in [6, 6.07) is 5.19. The molecule has 1 aliphatic rings. The van der Waals surface area contributed by atoms with Gasteiger partial charge in [0, 0.05) is 25.7 Å². The van der Waals surface area contributed by atoms with Crippen LogP contribution in [0.2, 0.25) is 0 Å². The Kier molecular flexibility index (Phi) is 3.96. The van der Waals surface area contributed by atoms with Gasteiger partial charge in [0.1, 0.15) is 11.7 Å². The smallest absolute Gasteiger partial charge is 0.342 e. The summed E-state index contributed by atoms with van der Waals surface area (Å²) in [6.07, 6.45) is 7.58. The second-order valence-corrected chi connectivity index (χ2v) is 4.97. The van der Waals surface area contributed by atoms with Crippen LogP contribution in [0.15, 0.2) is 36.8 Å². The Labute approximate surface area is 122 Å². The number of aromatic nitrogens is 3. The minimum atomic E-state index is -0.387. The van der Waals surface area contributed by atoms with Crippen molar-refractivity contribution in [3.8, 4) is 5.82 Å². The van der Waals surface area contributed by atoms with Crippen LogP contribution in [0.5, 0.6) is 0 Å². The summed E-state index contributed by atoms with van der Waals surface area (Å²) in [7, 11) is 1.65. The maximum atomic E-state index is 12.4. The van der Waals surface area contributed by atoms with Gasteiger partial charge in [-0.2, -0.15) is 5.10 Å². The van der Waals surface area contributed by atoms with E-state index in [-0.39, 0.29) is 18.2 Å². The van der Waals surface area contributed by atoms with Gasteiger partial charge >= 0.3 is 5.97 Å². The highest BCUT2D eigenvalue weighted by Crippen LogP contribution is 2.25. The largest absolute Gasteiger partial charge is 0.456 e. The first-order valence-electron chi connectivity index (χ1n) is 6.98. The standard InChI is InChI=1S/C15H17N3O3/c1-20-12-6-2-7-13(12)21-15(19)11-5-3-8-16-14(11)18-10-4-9-17-18/h3-5,8-10,12-13H,2,6-7H2,1H3/t12-,13+/m1/s1. The lowest BCUT2D eigenvalue weighted by atomic mass is 10.2. The zero-order valence-electron chi connectivity index (χ0n) is 11.8. The Bertz CT molecular complexity index is 612. The lowest BCUT2D eigenvalue weighted by molar-refractivity contribution is -0.0207. The van der Waals surface area contributed by atoms with Gasteiger partial charge in [0.05, 0.1) is 6.10 Å². The van der Waals surface area contributed by atoms with Crippen LogP contribution < -0.4 is 0 Å². The normalized spacial score (nSPS) is 21.4. The minimum Gasteiger partial charge on any atom is -0.456 e. The summed E-state index contributed by atoms with van der Waals surface area (Å²) in [5, 5.41) is 4.11. The second-order valence-electron chi connectivity index (χ2n) is 4.97. The average Bonchev–Trinajstić information content (AvgIpc) is 3.18. The van der Waals surface area contributed by atoms with Gasteiger partial charge in [0.2, 0.25) is 0 Å². The molecule has 0 aromatic carbocycles. The van der Waals surface area contributed by atoms with Crippen LogP contribution in [0.3, 0.4) is 0 Å². The van der Waals surface area contributed by atoms with E-state index in [9.17, 15) is 4.79 Å². The number of carbonyl (C=O) groups excluding carboxylic acids is 1. The van der Waals surface area contributed by atoms with Gasteiger partial charge < -0.3 is 9.47 Å². The number of ether oxygens (including phenoxy) is 2. The fourth-order valence-electron chi connectivity index (χ4n) is 2.63. The number of esters is 1. The molecule has 1 fully saturated rings. The first kappa shape index (κ1) is 13.8. The summed E-state index contributed by atoms with van der Waals surface area (Å²) >= 11 is 0. The van der Waals surface area contributed by atoms with E-state index in [4.69, 9.17) is 9.47 Å². The molecule has 6 heteroatoms. The molecule has 0 aliphatic heterocycles. The number of pyridine rings is 1. The molecule has 2 aromatic heterocycles. The van der Waals surface area contributed by atoms with Crippen LogP contribution in [0.4, 0.5) is 0 Å². The van der Waals surface area contributed by atoms with Crippen molar-refractivity contribution >= 4 is 5.97 Å². The van der Waals surface area contributed by atoms with E-state index in [0.717, 1.165) is 19.3 Å². The quantitative estimate of drug-likeness (QED) is 0.805. The molecule has 0 unspecified atom stereocenters. The summed E-state index contributed by atoms with van der Waals surface area (Å²) in [5.74, 6) is 0.0852. The van der Waals surface area contributed by atoms with E-state index in [1.165, 1.54) is 0 Å². The molecule has 2 atom stereocenters. The molecule has 0 amide bonds. The lowest BCUT2D eigenvalue weighted by Crippen LogP contribution is -2.28. The SMILES string of the molecule is CO[C@@H]1CCC[C@@H]1OC(=O)c1cccnc1-n1cccn1. The maximum absolute atomic E-state index is 12.4. The van der Waals surface area contributed by atoms with Gasteiger partial charge in [0.15, 0.2) is 5.82 Å². The van der Waals surface area contributed by atoms with Crippen molar-refractivity contribution in [3.05, 3.63) is 42.4 Å². The first-order chi connectivity index (χ1) is 10.3. The van der Waals surface area contributed by atoms with Gasteiger partial charge in [0.25, 0.3) is 0 Å². The summed E-state index contributed by atoms with van der Waals surface area (Å²) in [4.78, 5) is 16.6. The molecule has 21 heavy (non-hydrogen) atoms. The van der Waals surface area contributed by atoms with Crippen molar-refractivity contribution in [3.63, 3.8) is 0 Å². The third kappa shape index (κ3) is 2.80. The minimum absolute atomic E-state index is 0.0150. The van der Waals surface area contributed by atoms with Crippen LogP contribution in [0.1, 0.15) is 29.6 Å². The Morgan fingerprint density at radius 3 is 2.90 bits per heavy atom. The third-order valence-electron chi connectivity index (χ3n) is 3.68. The van der Waals surface area contributed by atoms with Crippen LogP contribution in [-0.4, -0.2) is 40.1 Å². The highest BCUT2D eigenvalue weighted by molar-refractivity contribution is 5.92. The lowest BCUT2D eigenvalue weighted by Gasteiger charge is -2.19. The highest BCUT2D eigenvalue weighted by atomic mass is 16.6. The molecular weight excluding hydrogens is 270 g/mol. The van der Waals surface area contributed by atoms with Crippen LogP contribution in [0.25, 0.3) is 5.82 Å². The van der Waals surface area contributed by atoms with E-state index in [1.54, 1.807) is 48.6 Å². The summed E-state index contributed by atoms with van der Waals surface area (Å²) in [5.41, 5.74) is 0.406. The molecule has 6 nitrogen and oxygen atoms in total. The molecule has 2 aromatic rings. The number of carbonyl (C=O) groups is 1. The van der Waals surface area contributed by atoms with Crippen molar-refractivity contribution in [2.24, 2.45) is 0 Å². The van der Waals surface area contributed by atoms with Gasteiger partial charge in [-0.25, -0.2) is 14.5 Å². The maximum Gasteiger partial charge on any atom is 0.342 e. The molecule has 1 aliphatic carbocycles. The number of hydrogen-bond acceptors (Lipinski definition) is 5. The predicted octanol–water partition coefficient (Wildman–Crippen LogP) is 1.99. The molecule has 0 spiro atoms. The van der Waals surface area contributed by atoms with Crippen LogP contribution in [-0.2, 0) is 9.47 Å². The fraction of sp³-hybridized carbons (Fsp3) is 0.400. The van der Waals surface area contributed by atoms with E-state index in [2.05, 4.69) is 10.1 Å². The van der Waals surface area contributed by atoms with Crippen LogP contribution >= 0.6 is 0 Å². The van der Waals surface area contributed by atoms with Crippen molar-refractivity contribution in [2.75, 3.05) is 7.11 Å². The Balaban J connectivity index is 1.82. The van der Waals surface area contributed by atoms with E-state index >= 15 is 0 Å². The van der Waals surface area contributed by atoms with E-state index < -0.39 is 0 Å². The van der Waals surface area contributed by atoms with Crippen LogP contribution in [0, 0.1) is 0 Å². The van der Waals surface area contributed by atoms with Gasteiger partial charge in [-0.3, -0.25) is 0 Å². The fourth-order valence-corrected chi connectivity index (χ4v) is 2.63. The monoisotopic (exact) mass is 287 g/mol. The highest BCUT2D eigenvalue weighted by Gasteiger charge is 2.31. The van der Waals surface area contributed by atoms with E-state index in [1.807, 2.05) is 0 Å². The van der Waals surface area contributed by atoms with Gasteiger partial charge in [-0.15, -0.1) is 0 Å². The molecule has 0 saturated heterocycles. The molecule has 0 bridgehead atoms. The van der Waals surface area contributed by atoms with Crippen molar-refractivity contribution in [2.45, 2.75) is 31.5 Å². The zero-order valence-corrected chi connectivity index (χ0v) is 11.8. The van der Waals surface area contributed by atoms with Crippen molar-refractivity contribution < 1.29 is 14.3 Å². The molecule has 2 heterocycles.